The van der Waals surface area contributed by atoms with E-state index in [0.717, 1.165) is 6.42 Å². The molecule has 2 unspecified atom stereocenters. The van der Waals surface area contributed by atoms with E-state index in [4.69, 9.17) is 14.2 Å². The van der Waals surface area contributed by atoms with Gasteiger partial charge in [0, 0.05) is 13.7 Å². The van der Waals surface area contributed by atoms with E-state index < -0.39 is 6.10 Å². The van der Waals surface area contributed by atoms with Gasteiger partial charge in [-0.15, -0.1) is 0 Å². The van der Waals surface area contributed by atoms with Crippen LogP contribution in [0.4, 0.5) is 0 Å². The molecule has 1 rings (SSSR count). The number of benzene rings is 1. The molecule has 0 saturated heterocycles. The van der Waals surface area contributed by atoms with Crippen LogP contribution in [0.2, 0.25) is 0 Å². The second-order valence-electron chi connectivity index (χ2n) is 4.28. The maximum atomic E-state index is 10.4. The second-order valence-corrected chi connectivity index (χ2v) is 4.28. The Morgan fingerprint density at radius 2 is 1.67 bits per heavy atom. The molecule has 102 valence electrons. The van der Waals surface area contributed by atoms with Crippen molar-refractivity contribution in [3.8, 4) is 11.5 Å². The minimum Gasteiger partial charge on any atom is -0.496 e. The molecule has 0 aliphatic heterocycles. The zero-order valence-electron chi connectivity index (χ0n) is 11.5. The van der Waals surface area contributed by atoms with Crippen molar-refractivity contribution in [3.05, 3.63) is 23.8 Å². The first kappa shape index (κ1) is 14.8. The minimum atomic E-state index is -0.633. The average Bonchev–Trinajstić information content (AvgIpc) is 2.42. The third-order valence-corrected chi connectivity index (χ3v) is 3.08. The van der Waals surface area contributed by atoms with Crippen molar-refractivity contribution in [2.24, 2.45) is 5.92 Å². The van der Waals surface area contributed by atoms with E-state index in [1.54, 1.807) is 21.3 Å². The minimum absolute atomic E-state index is 0.0650. The maximum absolute atomic E-state index is 10.4. The van der Waals surface area contributed by atoms with Crippen molar-refractivity contribution in [3.63, 3.8) is 0 Å². The van der Waals surface area contributed by atoms with Crippen molar-refractivity contribution in [1.29, 1.82) is 0 Å². The molecule has 0 aromatic heterocycles. The summed E-state index contributed by atoms with van der Waals surface area (Å²) in [5, 5.41) is 10.4. The first-order valence-corrected chi connectivity index (χ1v) is 6.03. The number of aliphatic hydroxyl groups is 1. The molecule has 0 heterocycles. The lowest BCUT2D eigenvalue weighted by Gasteiger charge is -2.23. The van der Waals surface area contributed by atoms with Gasteiger partial charge in [0.2, 0.25) is 0 Å². The molecule has 1 N–H and O–H groups in total. The van der Waals surface area contributed by atoms with Gasteiger partial charge in [-0.05, 0) is 24.5 Å². The van der Waals surface area contributed by atoms with Gasteiger partial charge in [0.1, 0.15) is 11.5 Å². The van der Waals surface area contributed by atoms with Crippen molar-refractivity contribution < 1.29 is 19.3 Å². The molecular formula is C14H22O4. The Labute approximate surface area is 108 Å². The van der Waals surface area contributed by atoms with Gasteiger partial charge in [-0.3, -0.25) is 0 Å². The van der Waals surface area contributed by atoms with Crippen LogP contribution < -0.4 is 9.47 Å². The molecular weight excluding hydrogens is 232 g/mol. The number of aliphatic hydroxyl groups excluding tert-OH is 1. The van der Waals surface area contributed by atoms with Crippen LogP contribution in [0.3, 0.4) is 0 Å². The van der Waals surface area contributed by atoms with E-state index in [9.17, 15) is 5.11 Å². The van der Waals surface area contributed by atoms with Crippen LogP contribution in [-0.4, -0.2) is 33.0 Å². The summed E-state index contributed by atoms with van der Waals surface area (Å²) in [7, 11) is 4.83. The third kappa shape index (κ3) is 3.37. The topological polar surface area (TPSA) is 47.9 Å². The van der Waals surface area contributed by atoms with Crippen LogP contribution in [0.25, 0.3) is 0 Å². The van der Waals surface area contributed by atoms with Gasteiger partial charge in [-0.25, -0.2) is 0 Å². The molecule has 0 aliphatic rings. The normalized spacial score (nSPS) is 14.1. The van der Waals surface area contributed by atoms with Gasteiger partial charge >= 0.3 is 0 Å². The van der Waals surface area contributed by atoms with Gasteiger partial charge in [0.05, 0.1) is 25.9 Å². The molecule has 1 aromatic rings. The van der Waals surface area contributed by atoms with Crippen molar-refractivity contribution in [1.82, 2.24) is 0 Å². The lowest BCUT2D eigenvalue weighted by Crippen LogP contribution is -2.13. The Balaban J connectivity index is 2.98. The number of hydrogen-bond acceptors (Lipinski definition) is 4. The van der Waals surface area contributed by atoms with Gasteiger partial charge in [0.25, 0.3) is 0 Å². The van der Waals surface area contributed by atoms with Gasteiger partial charge < -0.3 is 19.3 Å². The fraction of sp³-hybridized carbons (Fsp3) is 0.571. The van der Waals surface area contributed by atoms with Crippen LogP contribution in [0.15, 0.2) is 18.2 Å². The highest BCUT2D eigenvalue weighted by atomic mass is 16.5. The number of ether oxygens (including phenoxy) is 3. The quantitative estimate of drug-likeness (QED) is 0.811. The molecule has 0 spiro atoms. The monoisotopic (exact) mass is 254 g/mol. The molecule has 0 amide bonds. The Hall–Kier alpha value is -1.26. The molecule has 4 heteroatoms. The van der Waals surface area contributed by atoms with Crippen molar-refractivity contribution in [2.75, 3.05) is 27.9 Å². The van der Waals surface area contributed by atoms with Crippen LogP contribution in [0.1, 0.15) is 25.0 Å². The summed E-state index contributed by atoms with van der Waals surface area (Å²) in [5.41, 5.74) is 0.700. The zero-order chi connectivity index (χ0) is 13.5. The average molecular weight is 254 g/mol. The molecule has 1 aromatic carbocycles. The van der Waals surface area contributed by atoms with Crippen LogP contribution in [0.5, 0.6) is 11.5 Å². The first-order valence-electron chi connectivity index (χ1n) is 6.03. The summed E-state index contributed by atoms with van der Waals surface area (Å²) in [6.07, 6.45) is 0.144. The largest absolute Gasteiger partial charge is 0.496 e. The van der Waals surface area contributed by atoms with E-state index in [-0.39, 0.29) is 5.92 Å². The number of hydrogen-bond donors (Lipinski definition) is 1. The van der Waals surface area contributed by atoms with E-state index >= 15 is 0 Å². The molecule has 18 heavy (non-hydrogen) atoms. The van der Waals surface area contributed by atoms with E-state index in [2.05, 4.69) is 0 Å². The van der Waals surface area contributed by atoms with Gasteiger partial charge in [-0.2, -0.15) is 0 Å². The maximum Gasteiger partial charge on any atom is 0.128 e. The highest BCUT2D eigenvalue weighted by Gasteiger charge is 2.23. The van der Waals surface area contributed by atoms with Gasteiger partial charge in [0.15, 0.2) is 0 Å². The van der Waals surface area contributed by atoms with Crippen LogP contribution >= 0.6 is 0 Å². The Morgan fingerprint density at radius 3 is 2.11 bits per heavy atom. The van der Waals surface area contributed by atoms with E-state index in [1.807, 2.05) is 25.1 Å². The number of methoxy groups -OCH3 is 3. The van der Waals surface area contributed by atoms with E-state index in [1.165, 1.54) is 0 Å². The van der Waals surface area contributed by atoms with Crippen molar-refractivity contribution >= 4 is 0 Å². The lowest BCUT2D eigenvalue weighted by atomic mass is 9.93. The third-order valence-electron chi connectivity index (χ3n) is 3.08. The fourth-order valence-corrected chi connectivity index (χ4v) is 1.92. The summed E-state index contributed by atoms with van der Waals surface area (Å²) in [4.78, 5) is 0. The van der Waals surface area contributed by atoms with Crippen LogP contribution in [0, 0.1) is 5.92 Å². The smallest absolute Gasteiger partial charge is 0.128 e. The van der Waals surface area contributed by atoms with Crippen molar-refractivity contribution in [2.45, 2.75) is 19.4 Å². The first-order chi connectivity index (χ1) is 8.65. The van der Waals surface area contributed by atoms with Crippen LogP contribution in [-0.2, 0) is 4.74 Å². The molecule has 0 bridgehead atoms. The molecule has 4 nitrogen and oxygen atoms in total. The SMILES string of the molecule is COCCC(C)C(O)c1c(OC)cccc1OC. The molecule has 2 atom stereocenters. The second kappa shape index (κ2) is 7.24. The Morgan fingerprint density at radius 1 is 1.11 bits per heavy atom. The summed E-state index contributed by atoms with van der Waals surface area (Å²) < 4.78 is 15.6. The fourth-order valence-electron chi connectivity index (χ4n) is 1.92. The summed E-state index contributed by atoms with van der Waals surface area (Å²) in [5.74, 6) is 1.35. The predicted molar refractivity (Wildman–Crippen MR) is 70.2 cm³/mol. The Kier molecular flexibility index (Phi) is 5.95. The molecule has 0 aliphatic carbocycles. The van der Waals surface area contributed by atoms with E-state index in [0.29, 0.717) is 23.7 Å². The standard InChI is InChI=1S/C14H22O4/c1-10(8-9-16-2)14(15)13-11(17-3)6-5-7-12(13)18-4/h5-7,10,14-15H,8-9H2,1-4H3. The molecule has 0 fully saturated rings. The molecule has 0 radical (unpaired) electrons. The molecule has 0 saturated carbocycles. The summed E-state index contributed by atoms with van der Waals surface area (Å²) in [6.45, 7) is 2.60. The Bertz CT molecular complexity index is 343. The lowest BCUT2D eigenvalue weighted by molar-refractivity contribution is 0.0844. The predicted octanol–water partition coefficient (Wildman–Crippen LogP) is 2.41. The van der Waals surface area contributed by atoms with Gasteiger partial charge in [-0.1, -0.05) is 13.0 Å². The summed E-state index contributed by atoms with van der Waals surface area (Å²) in [6, 6.07) is 5.49. The highest BCUT2D eigenvalue weighted by molar-refractivity contribution is 5.46. The highest BCUT2D eigenvalue weighted by Crippen LogP contribution is 2.38. The number of rotatable bonds is 7. The zero-order valence-corrected chi connectivity index (χ0v) is 11.5. The summed E-state index contributed by atoms with van der Waals surface area (Å²) >= 11 is 0.